The van der Waals surface area contributed by atoms with E-state index in [0.717, 1.165) is 18.9 Å². The number of sulfonamides is 1. The van der Waals surface area contributed by atoms with E-state index in [9.17, 15) is 8.42 Å². The van der Waals surface area contributed by atoms with Gasteiger partial charge in [-0.3, -0.25) is 0 Å². The number of rotatable bonds is 7. The highest BCUT2D eigenvalue weighted by atomic mass is 35.5. The molecule has 1 aliphatic rings. The zero-order chi connectivity index (χ0) is 19.4. The molecule has 0 radical (unpaired) electrons. The molecule has 0 aliphatic carbocycles. The van der Waals surface area contributed by atoms with E-state index in [1.165, 1.54) is 12.8 Å². The van der Waals surface area contributed by atoms with E-state index < -0.39 is 10.0 Å². The van der Waals surface area contributed by atoms with Crippen LogP contribution in [0.3, 0.4) is 0 Å². The first-order chi connectivity index (χ1) is 12.9. The molecular formula is C18H24ClN5O2S. The van der Waals surface area contributed by atoms with E-state index in [0.29, 0.717) is 28.8 Å². The minimum atomic E-state index is -3.61. The zero-order valence-electron chi connectivity index (χ0n) is 15.5. The van der Waals surface area contributed by atoms with Gasteiger partial charge in [0.25, 0.3) is 0 Å². The molecule has 2 N–H and O–H groups in total. The Kier molecular flexibility index (Phi) is 6.18. The van der Waals surface area contributed by atoms with Gasteiger partial charge in [-0.25, -0.2) is 23.1 Å². The summed E-state index contributed by atoms with van der Waals surface area (Å²) in [4.78, 5) is 11.3. The Hall–Kier alpha value is -1.90. The molecule has 27 heavy (non-hydrogen) atoms. The Morgan fingerprint density at radius 3 is 2.63 bits per heavy atom. The number of nitrogens with zero attached hydrogens (tertiary/aromatic N) is 3. The average Bonchev–Trinajstić information content (AvgIpc) is 3.15. The number of benzene rings is 1. The van der Waals surface area contributed by atoms with Crippen molar-refractivity contribution in [3.63, 3.8) is 0 Å². The molecule has 1 saturated heterocycles. The summed E-state index contributed by atoms with van der Waals surface area (Å²) in [5.41, 5.74) is 0.543. The molecule has 1 aromatic heterocycles. The van der Waals surface area contributed by atoms with Crippen molar-refractivity contribution in [3.05, 3.63) is 40.7 Å². The van der Waals surface area contributed by atoms with Crippen molar-refractivity contribution in [3.8, 4) is 0 Å². The van der Waals surface area contributed by atoms with Crippen LogP contribution in [0.15, 0.2) is 29.2 Å². The van der Waals surface area contributed by atoms with Crippen LogP contribution in [0.5, 0.6) is 0 Å². The fourth-order valence-electron chi connectivity index (χ4n) is 3.08. The van der Waals surface area contributed by atoms with Crippen molar-refractivity contribution in [1.29, 1.82) is 0 Å². The SMILES string of the molecule is Cc1nc(NCCNS(=O)(=O)c2cccc(Cl)c2C)cc(N2CCCC2)n1. The molecule has 0 unspecified atom stereocenters. The first kappa shape index (κ1) is 19.9. The minimum absolute atomic E-state index is 0.198. The second-order valence-electron chi connectivity index (χ2n) is 6.54. The highest BCUT2D eigenvalue weighted by Gasteiger charge is 2.18. The van der Waals surface area contributed by atoms with Gasteiger partial charge in [-0.1, -0.05) is 17.7 Å². The second-order valence-corrected chi connectivity index (χ2v) is 8.68. The van der Waals surface area contributed by atoms with E-state index in [4.69, 9.17) is 11.6 Å². The van der Waals surface area contributed by atoms with Crippen LogP contribution in [0, 0.1) is 13.8 Å². The Morgan fingerprint density at radius 2 is 1.89 bits per heavy atom. The lowest BCUT2D eigenvalue weighted by Gasteiger charge is -2.18. The van der Waals surface area contributed by atoms with Gasteiger partial charge in [0.05, 0.1) is 4.90 Å². The summed E-state index contributed by atoms with van der Waals surface area (Å²) >= 11 is 6.02. The topological polar surface area (TPSA) is 87.2 Å². The van der Waals surface area contributed by atoms with Gasteiger partial charge in [0.1, 0.15) is 17.5 Å². The van der Waals surface area contributed by atoms with Crippen LogP contribution in [0.1, 0.15) is 24.2 Å². The van der Waals surface area contributed by atoms with Gasteiger partial charge in [-0.15, -0.1) is 0 Å². The molecule has 2 heterocycles. The van der Waals surface area contributed by atoms with Crippen LogP contribution < -0.4 is 14.9 Å². The lowest BCUT2D eigenvalue weighted by Crippen LogP contribution is -2.29. The van der Waals surface area contributed by atoms with Gasteiger partial charge in [-0.05, 0) is 44.4 Å². The standard InChI is InChI=1S/C18H24ClN5O2S/c1-13-15(19)6-5-7-16(13)27(25,26)21-9-8-20-17-12-18(23-14(2)22-17)24-10-3-4-11-24/h5-7,12,21H,3-4,8-11H2,1-2H3,(H,20,22,23). The number of hydrogen-bond donors (Lipinski definition) is 2. The van der Waals surface area contributed by atoms with Crippen LogP contribution in [0.4, 0.5) is 11.6 Å². The molecule has 1 aromatic carbocycles. The molecule has 0 bridgehead atoms. The second kappa shape index (κ2) is 8.41. The Morgan fingerprint density at radius 1 is 1.15 bits per heavy atom. The normalized spacial score (nSPS) is 14.6. The molecule has 0 spiro atoms. The monoisotopic (exact) mass is 409 g/mol. The molecule has 0 atom stereocenters. The number of nitrogens with one attached hydrogen (secondary N) is 2. The summed E-state index contributed by atoms with van der Waals surface area (Å²) in [6.07, 6.45) is 2.35. The van der Waals surface area contributed by atoms with Gasteiger partial charge < -0.3 is 10.2 Å². The van der Waals surface area contributed by atoms with Crippen molar-refractivity contribution in [2.24, 2.45) is 0 Å². The highest BCUT2D eigenvalue weighted by Crippen LogP contribution is 2.23. The summed E-state index contributed by atoms with van der Waals surface area (Å²) in [7, 11) is -3.61. The third-order valence-corrected chi connectivity index (χ3v) is 6.50. The average molecular weight is 410 g/mol. The largest absolute Gasteiger partial charge is 0.369 e. The van der Waals surface area contributed by atoms with Gasteiger partial charge in [0, 0.05) is 37.3 Å². The fraction of sp³-hybridized carbons (Fsp3) is 0.444. The maximum Gasteiger partial charge on any atom is 0.240 e. The maximum absolute atomic E-state index is 12.5. The number of hydrogen-bond acceptors (Lipinski definition) is 6. The van der Waals surface area contributed by atoms with Crippen LogP contribution >= 0.6 is 11.6 Å². The quantitative estimate of drug-likeness (QED) is 0.684. The van der Waals surface area contributed by atoms with Crippen LogP contribution in [-0.2, 0) is 10.0 Å². The molecule has 0 saturated carbocycles. The fourth-order valence-corrected chi connectivity index (χ4v) is 4.61. The highest BCUT2D eigenvalue weighted by molar-refractivity contribution is 7.89. The molecule has 1 fully saturated rings. The number of aromatic nitrogens is 2. The molecule has 9 heteroatoms. The maximum atomic E-state index is 12.5. The molecule has 7 nitrogen and oxygen atoms in total. The number of halogens is 1. The molecular weight excluding hydrogens is 386 g/mol. The molecule has 3 rings (SSSR count). The third-order valence-electron chi connectivity index (χ3n) is 4.49. The summed E-state index contributed by atoms with van der Waals surface area (Å²) in [5.74, 6) is 2.30. The first-order valence-corrected chi connectivity index (χ1v) is 10.8. The summed E-state index contributed by atoms with van der Waals surface area (Å²) in [6, 6.07) is 6.76. The van der Waals surface area contributed by atoms with Crippen molar-refractivity contribution >= 4 is 33.3 Å². The van der Waals surface area contributed by atoms with Crippen molar-refractivity contribution in [2.45, 2.75) is 31.6 Å². The van der Waals surface area contributed by atoms with E-state index >= 15 is 0 Å². The van der Waals surface area contributed by atoms with Crippen LogP contribution in [0.2, 0.25) is 5.02 Å². The van der Waals surface area contributed by atoms with Gasteiger partial charge >= 0.3 is 0 Å². The molecule has 146 valence electrons. The van der Waals surface area contributed by atoms with E-state index in [1.54, 1.807) is 25.1 Å². The van der Waals surface area contributed by atoms with Crippen molar-refractivity contribution in [1.82, 2.24) is 14.7 Å². The summed E-state index contributed by atoms with van der Waals surface area (Å²) in [6.45, 7) is 6.21. The Labute approximate surface area is 165 Å². The molecule has 1 aliphatic heterocycles. The number of anilines is 2. The van der Waals surface area contributed by atoms with Gasteiger partial charge in [0.15, 0.2) is 0 Å². The Balaban J connectivity index is 1.59. The first-order valence-electron chi connectivity index (χ1n) is 8.96. The summed E-state index contributed by atoms with van der Waals surface area (Å²) < 4.78 is 27.5. The number of aryl methyl sites for hydroxylation is 1. The molecule has 0 amide bonds. The summed E-state index contributed by atoms with van der Waals surface area (Å²) in [5, 5.41) is 3.60. The smallest absolute Gasteiger partial charge is 0.240 e. The Bertz CT molecular complexity index is 914. The lowest BCUT2D eigenvalue weighted by molar-refractivity contribution is 0.582. The van der Waals surface area contributed by atoms with Crippen molar-refractivity contribution in [2.75, 3.05) is 36.4 Å². The van der Waals surface area contributed by atoms with Crippen LogP contribution in [0.25, 0.3) is 0 Å². The van der Waals surface area contributed by atoms with Crippen LogP contribution in [-0.4, -0.2) is 44.6 Å². The van der Waals surface area contributed by atoms with Gasteiger partial charge in [0.2, 0.25) is 10.0 Å². The van der Waals surface area contributed by atoms with E-state index in [-0.39, 0.29) is 11.4 Å². The zero-order valence-corrected chi connectivity index (χ0v) is 17.1. The predicted octanol–water partition coefficient (Wildman–Crippen LogP) is 2.74. The lowest BCUT2D eigenvalue weighted by atomic mass is 10.2. The predicted molar refractivity (Wildman–Crippen MR) is 108 cm³/mol. The van der Waals surface area contributed by atoms with E-state index in [1.807, 2.05) is 13.0 Å². The molecule has 2 aromatic rings. The third kappa shape index (κ3) is 4.88. The van der Waals surface area contributed by atoms with Crippen molar-refractivity contribution < 1.29 is 8.42 Å². The minimum Gasteiger partial charge on any atom is -0.369 e. The van der Waals surface area contributed by atoms with Gasteiger partial charge in [-0.2, -0.15) is 0 Å². The van der Waals surface area contributed by atoms with E-state index in [2.05, 4.69) is 24.9 Å².